The van der Waals surface area contributed by atoms with Crippen LogP contribution in [0.5, 0.6) is 0 Å². The molecule has 1 N–H and O–H groups in total. The first kappa shape index (κ1) is 17.3. The third-order valence-corrected chi connectivity index (χ3v) is 5.16. The van der Waals surface area contributed by atoms with E-state index < -0.39 is 0 Å². The van der Waals surface area contributed by atoms with Crippen molar-refractivity contribution in [2.75, 3.05) is 0 Å². The molecule has 0 bridgehead atoms. The lowest BCUT2D eigenvalue weighted by molar-refractivity contribution is 0.0937. The zero-order valence-electron chi connectivity index (χ0n) is 14.2. The van der Waals surface area contributed by atoms with Gasteiger partial charge in [0.25, 0.3) is 5.91 Å². The fraction of sp³-hybridized carbons (Fsp3) is 0.136. The molecule has 0 unspecified atom stereocenters. The van der Waals surface area contributed by atoms with Crippen LogP contribution in [0.15, 0.2) is 89.8 Å². The zero-order chi connectivity index (χ0) is 17.5. The maximum absolute atomic E-state index is 12.7. The lowest BCUT2D eigenvalue weighted by atomic mass is 10.1. The molecule has 126 valence electrons. The predicted octanol–water partition coefficient (Wildman–Crippen LogP) is 5.47. The van der Waals surface area contributed by atoms with Crippen LogP contribution in [0.4, 0.5) is 0 Å². The van der Waals surface area contributed by atoms with Crippen molar-refractivity contribution in [3.8, 4) is 0 Å². The van der Waals surface area contributed by atoms with E-state index in [1.807, 2.05) is 79.7 Å². The Hall–Kier alpha value is -2.52. The summed E-state index contributed by atoms with van der Waals surface area (Å²) in [4.78, 5) is 13.7. The maximum atomic E-state index is 12.7. The second kappa shape index (κ2) is 8.54. The van der Waals surface area contributed by atoms with Crippen molar-refractivity contribution in [2.24, 2.45) is 0 Å². The first-order valence-electron chi connectivity index (χ1n) is 8.35. The van der Waals surface area contributed by atoms with Crippen LogP contribution in [-0.2, 0) is 5.75 Å². The molecule has 0 radical (unpaired) electrons. The molecule has 0 aromatic heterocycles. The van der Waals surface area contributed by atoms with Crippen molar-refractivity contribution in [1.29, 1.82) is 0 Å². The second-order valence-corrected chi connectivity index (χ2v) is 6.89. The smallest absolute Gasteiger partial charge is 0.252 e. The molecule has 3 heteroatoms. The molecule has 0 heterocycles. The fourth-order valence-electron chi connectivity index (χ4n) is 2.61. The summed E-state index contributed by atoms with van der Waals surface area (Å²) in [5, 5.41) is 3.10. The molecular formula is C22H21NOS. The normalized spacial score (nSPS) is 11.7. The number of rotatable bonds is 6. The van der Waals surface area contributed by atoms with Crippen LogP contribution in [0, 0.1) is 0 Å². The lowest BCUT2D eigenvalue weighted by Gasteiger charge is -2.16. The summed E-state index contributed by atoms with van der Waals surface area (Å²) in [6, 6.07) is 28.1. The summed E-state index contributed by atoms with van der Waals surface area (Å²) in [5.74, 6) is 0.812. The van der Waals surface area contributed by atoms with Crippen molar-refractivity contribution in [3.63, 3.8) is 0 Å². The van der Waals surface area contributed by atoms with E-state index in [0.29, 0.717) is 0 Å². The quantitative estimate of drug-likeness (QED) is 0.599. The number of hydrogen-bond acceptors (Lipinski definition) is 2. The molecule has 3 rings (SSSR count). The van der Waals surface area contributed by atoms with Gasteiger partial charge in [0.1, 0.15) is 0 Å². The molecule has 1 atom stereocenters. The molecule has 25 heavy (non-hydrogen) atoms. The average Bonchev–Trinajstić information content (AvgIpc) is 2.68. The summed E-state index contributed by atoms with van der Waals surface area (Å²) < 4.78 is 0. The van der Waals surface area contributed by atoms with Gasteiger partial charge in [-0.05, 0) is 30.2 Å². The minimum atomic E-state index is -0.0347. The number of nitrogens with one attached hydrogen (secondary N) is 1. The Kier molecular flexibility index (Phi) is 5.91. The third kappa shape index (κ3) is 4.74. The van der Waals surface area contributed by atoms with E-state index in [4.69, 9.17) is 0 Å². The summed E-state index contributed by atoms with van der Waals surface area (Å²) in [5.41, 5.74) is 3.08. The standard InChI is InChI=1S/C22H21NOS/c1-17(19-12-6-3-7-13-19)23-22(24)20-14-8-9-15-21(20)25-16-18-10-4-2-5-11-18/h2-15,17H,16H2,1H3,(H,23,24)/t17-/m0/s1. The number of thioether (sulfide) groups is 1. The topological polar surface area (TPSA) is 29.1 Å². The van der Waals surface area contributed by atoms with Gasteiger partial charge >= 0.3 is 0 Å². The minimum Gasteiger partial charge on any atom is -0.345 e. The van der Waals surface area contributed by atoms with E-state index >= 15 is 0 Å². The molecule has 0 aliphatic carbocycles. The highest BCUT2D eigenvalue weighted by molar-refractivity contribution is 7.98. The van der Waals surface area contributed by atoms with Crippen LogP contribution in [-0.4, -0.2) is 5.91 Å². The van der Waals surface area contributed by atoms with Gasteiger partial charge in [0.2, 0.25) is 0 Å². The van der Waals surface area contributed by atoms with Crippen molar-refractivity contribution in [2.45, 2.75) is 23.6 Å². The summed E-state index contributed by atoms with van der Waals surface area (Å²) >= 11 is 1.69. The van der Waals surface area contributed by atoms with Gasteiger partial charge in [-0.25, -0.2) is 0 Å². The maximum Gasteiger partial charge on any atom is 0.252 e. The fourth-order valence-corrected chi connectivity index (χ4v) is 3.62. The van der Waals surface area contributed by atoms with E-state index in [2.05, 4.69) is 17.4 Å². The van der Waals surface area contributed by atoms with E-state index in [9.17, 15) is 4.79 Å². The number of amides is 1. The highest BCUT2D eigenvalue weighted by Crippen LogP contribution is 2.26. The van der Waals surface area contributed by atoms with Crippen LogP contribution in [0.25, 0.3) is 0 Å². The summed E-state index contributed by atoms with van der Waals surface area (Å²) in [6.45, 7) is 2.01. The molecule has 0 fully saturated rings. The molecule has 0 saturated heterocycles. The van der Waals surface area contributed by atoms with Gasteiger partial charge in [0, 0.05) is 10.6 Å². The van der Waals surface area contributed by atoms with Gasteiger partial charge in [0.05, 0.1) is 11.6 Å². The van der Waals surface area contributed by atoms with Gasteiger partial charge in [0.15, 0.2) is 0 Å². The van der Waals surface area contributed by atoms with Crippen molar-refractivity contribution < 1.29 is 4.79 Å². The third-order valence-electron chi connectivity index (χ3n) is 4.02. The van der Waals surface area contributed by atoms with E-state index in [-0.39, 0.29) is 11.9 Å². The number of carbonyl (C=O) groups excluding carboxylic acids is 1. The highest BCUT2D eigenvalue weighted by Gasteiger charge is 2.14. The van der Waals surface area contributed by atoms with Crippen LogP contribution in [0.1, 0.15) is 34.5 Å². The van der Waals surface area contributed by atoms with Crippen LogP contribution >= 0.6 is 11.8 Å². The molecule has 2 nitrogen and oxygen atoms in total. The number of benzene rings is 3. The Bertz CT molecular complexity index is 818. The molecule has 0 aliphatic rings. The largest absolute Gasteiger partial charge is 0.345 e. The molecule has 1 amide bonds. The second-order valence-electron chi connectivity index (χ2n) is 5.88. The van der Waals surface area contributed by atoms with Crippen molar-refractivity contribution in [3.05, 3.63) is 102 Å². The molecule has 3 aromatic carbocycles. The molecule has 0 aliphatic heterocycles. The molecule has 0 spiro atoms. The Morgan fingerprint density at radius 2 is 1.48 bits per heavy atom. The van der Waals surface area contributed by atoms with Gasteiger partial charge in [-0.15, -0.1) is 11.8 Å². The van der Waals surface area contributed by atoms with Crippen LogP contribution in [0.2, 0.25) is 0 Å². The Morgan fingerprint density at radius 3 is 2.20 bits per heavy atom. The summed E-state index contributed by atoms with van der Waals surface area (Å²) in [6.07, 6.45) is 0. The Balaban J connectivity index is 1.70. The van der Waals surface area contributed by atoms with Gasteiger partial charge in [-0.2, -0.15) is 0 Å². The van der Waals surface area contributed by atoms with Crippen molar-refractivity contribution >= 4 is 17.7 Å². The van der Waals surface area contributed by atoms with Crippen LogP contribution in [0.3, 0.4) is 0 Å². The van der Waals surface area contributed by atoms with Gasteiger partial charge in [-0.3, -0.25) is 4.79 Å². The Morgan fingerprint density at radius 1 is 0.880 bits per heavy atom. The predicted molar refractivity (Wildman–Crippen MR) is 105 cm³/mol. The average molecular weight is 347 g/mol. The monoisotopic (exact) mass is 347 g/mol. The first-order valence-corrected chi connectivity index (χ1v) is 9.34. The van der Waals surface area contributed by atoms with Gasteiger partial charge < -0.3 is 5.32 Å². The zero-order valence-corrected chi connectivity index (χ0v) is 15.0. The van der Waals surface area contributed by atoms with Crippen LogP contribution < -0.4 is 5.32 Å². The van der Waals surface area contributed by atoms with Gasteiger partial charge in [-0.1, -0.05) is 72.8 Å². The van der Waals surface area contributed by atoms with Crippen molar-refractivity contribution in [1.82, 2.24) is 5.32 Å². The molecule has 0 saturated carbocycles. The minimum absolute atomic E-state index is 0.0270. The first-order chi connectivity index (χ1) is 12.2. The molecular weight excluding hydrogens is 326 g/mol. The number of carbonyl (C=O) groups is 1. The SMILES string of the molecule is C[C@H](NC(=O)c1ccccc1SCc1ccccc1)c1ccccc1. The van der Waals surface area contributed by atoms with E-state index in [1.54, 1.807) is 11.8 Å². The number of hydrogen-bond donors (Lipinski definition) is 1. The van der Waals surface area contributed by atoms with E-state index in [0.717, 1.165) is 21.8 Å². The van der Waals surface area contributed by atoms with E-state index in [1.165, 1.54) is 5.56 Å². The lowest BCUT2D eigenvalue weighted by Crippen LogP contribution is -2.27. The summed E-state index contributed by atoms with van der Waals surface area (Å²) in [7, 11) is 0. The Labute approximate surface area is 153 Å². The molecule has 3 aromatic rings. The highest BCUT2D eigenvalue weighted by atomic mass is 32.2.